The number of hydrogen-bond acceptors (Lipinski definition) is 7. The van der Waals surface area contributed by atoms with E-state index in [-0.39, 0.29) is 11.5 Å². The third-order valence-corrected chi connectivity index (χ3v) is 5.52. The Labute approximate surface area is 211 Å². The number of carbonyl (C=O) groups is 2. The van der Waals surface area contributed by atoms with E-state index in [9.17, 15) is 19.7 Å². The van der Waals surface area contributed by atoms with Gasteiger partial charge in [0, 0.05) is 35.8 Å². The van der Waals surface area contributed by atoms with Gasteiger partial charge in [0.25, 0.3) is 5.69 Å². The summed E-state index contributed by atoms with van der Waals surface area (Å²) < 4.78 is 13.3. The van der Waals surface area contributed by atoms with Crippen LogP contribution >= 0.6 is 15.9 Å². The van der Waals surface area contributed by atoms with Gasteiger partial charge < -0.3 is 13.9 Å². The normalized spacial score (nSPS) is 11.9. The molecule has 10 nitrogen and oxygen atoms in total. The number of non-ortho nitro benzene ring substituents is 1. The first-order chi connectivity index (χ1) is 16.1. The van der Waals surface area contributed by atoms with Crippen molar-refractivity contribution >= 4 is 45.1 Å². The summed E-state index contributed by atoms with van der Waals surface area (Å²) in [4.78, 5) is 42.1. The second-order valence-corrected chi connectivity index (χ2v) is 10.6. The molecule has 186 valence electrons. The van der Waals surface area contributed by atoms with Crippen molar-refractivity contribution in [1.82, 2.24) is 9.38 Å². The van der Waals surface area contributed by atoms with Gasteiger partial charge >= 0.3 is 12.2 Å². The van der Waals surface area contributed by atoms with E-state index in [1.807, 2.05) is 6.92 Å². The van der Waals surface area contributed by atoms with Gasteiger partial charge in [-0.05, 0) is 82.1 Å². The molecule has 0 saturated heterocycles. The first kappa shape index (κ1) is 26.1. The molecule has 3 rings (SSSR count). The van der Waals surface area contributed by atoms with Crippen LogP contribution in [-0.2, 0) is 9.47 Å². The summed E-state index contributed by atoms with van der Waals surface area (Å²) in [6.45, 7) is 12.0. The molecule has 0 unspecified atom stereocenters. The molecule has 0 aliphatic carbocycles. The van der Waals surface area contributed by atoms with Crippen molar-refractivity contribution in [1.29, 1.82) is 0 Å². The summed E-state index contributed by atoms with van der Waals surface area (Å²) in [6.07, 6.45) is 1.28. The Morgan fingerprint density at radius 2 is 1.54 bits per heavy atom. The highest BCUT2D eigenvalue weighted by atomic mass is 79.9. The van der Waals surface area contributed by atoms with Crippen LogP contribution < -0.4 is 4.90 Å². The van der Waals surface area contributed by atoms with Crippen LogP contribution in [0.1, 0.15) is 47.2 Å². The van der Waals surface area contributed by atoms with Gasteiger partial charge in [0.05, 0.1) is 9.40 Å². The van der Waals surface area contributed by atoms with Crippen molar-refractivity contribution in [2.24, 2.45) is 0 Å². The second kappa shape index (κ2) is 9.29. The smallest absolute Gasteiger partial charge is 0.425 e. The third kappa shape index (κ3) is 5.61. The lowest BCUT2D eigenvalue weighted by Crippen LogP contribution is -2.44. The quantitative estimate of drug-likeness (QED) is 0.266. The van der Waals surface area contributed by atoms with Crippen LogP contribution in [0.25, 0.3) is 16.6 Å². The SMILES string of the molecule is Cc1c(-c2ccc([N+](=O)[O-])cc2)c(Br)c2c(N(C(=O)OC(C)(C)C)C(=O)OC(C)(C)C)nccn12. The van der Waals surface area contributed by atoms with Gasteiger partial charge in [0.2, 0.25) is 0 Å². The minimum absolute atomic E-state index is 0.0131. The highest BCUT2D eigenvalue weighted by Gasteiger charge is 2.36. The Kier molecular flexibility index (Phi) is 6.94. The van der Waals surface area contributed by atoms with Crippen molar-refractivity contribution < 1.29 is 24.0 Å². The van der Waals surface area contributed by atoms with Gasteiger partial charge in [0.15, 0.2) is 5.82 Å². The number of aromatic nitrogens is 2. The molecule has 0 bridgehead atoms. The fraction of sp³-hybridized carbons (Fsp3) is 0.375. The number of fused-ring (bicyclic) bond motifs is 1. The van der Waals surface area contributed by atoms with Gasteiger partial charge in [-0.2, -0.15) is 4.90 Å². The Balaban J connectivity index is 2.23. The number of nitrogens with zero attached hydrogens (tertiary/aromatic N) is 4. The Morgan fingerprint density at radius 1 is 1.03 bits per heavy atom. The maximum Gasteiger partial charge on any atom is 0.425 e. The number of amides is 2. The molecule has 0 atom stereocenters. The predicted molar refractivity (Wildman–Crippen MR) is 135 cm³/mol. The van der Waals surface area contributed by atoms with Gasteiger partial charge in [-0.15, -0.1) is 0 Å². The molecule has 0 radical (unpaired) electrons. The van der Waals surface area contributed by atoms with E-state index in [0.717, 1.165) is 16.2 Å². The number of nitro groups is 1. The largest absolute Gasteiger partial charge is 0.443 e. The van der Waals surface area contributed by atoms with Crippen LogP contribution in [0, 0.1) is 17.0 Å². The Morgan fingerprint density at radius 3 is 2.00 bits per heavy atom. The lowest BCUT2D eigenvalue weighted by molar-refractivity contribution is -0.384. The second-order valence-electron chi connectivity index (χ2n) is 9.84. The molecule has 0 N–H and O–H groups in total. The summed E-state index contributed by atoms with van der Waals surface area (Å²) in [6, 6.07) is 6.10. The van der Waals surface area contributed by atoms with Crippen LogP contribution in [0.15, 0.2) is 41.1 Å². The van der Waals surface area contributed by atoms with E-state index in [1.165, 1.54) is 18.3 Å². The molecule has 35 heavy (non-hydrogen) atoms. The monoisotopic (exact) mass is 546 g/mol. The highest BCUT2D eigenvalue weighted by molar-refractivity contribution is 9.10. The fourth-order valence-corrected chi connectivity index (χ4v) is 4.29. The molecule has 2 aromatic heterocycles. The molecular weight excluding hydrogens is 520 g/mol. The van der Waals surface area contributed by atoms with Crippen molar-refractivity contribution in [2.45, 2.75) is 59.7 Å². The maximum atomic E-state index is 13.2. The number of anilines is 1. The molecule has 0 fully saturated rings. The van der Waals surface area contributed by atoms with Crippen molar-refractivity contribution in [3.05, 3.63) is 56.9 Å². The molecule has 3 aromatic rings. The number of carbonyl (C=O) groups excluding carboxylic acids is 2. The van der Waals surface area contributed by atoms with Gasteiger partial charge in [-0.1, -0.05) is 0 Å². The van der Waals surface area contributed by atoms with E-state index in [1.54, 1.807) is 64.3 Å². The van der Waals surface area contributed by atoms with Gasteiger partial charge in [-0.25, -0.2) is 14.6 Å². The van der Waals surface area contributed by atoms with Crippen LogP contribution in [0.4, 0.5) is 21.1 Å². The van der Waals surface area contributed by atoms with E-state index in [4.69, 9.17) is 9.47 Å². The minimum Gasteiger partial charge on any atom is -0.443 e. The number of imide groups is 1. The van der Waals surface area contributed by atoms with Gasteiger partial charge in [0.1, 0.15) is 16.7 Å². The zero-order valence-electron chi connectivity index (χ0n) is 20.6. The molecule has 1 aromatic carbocycles. The molecular formula is C24H27BrN4O6. The van der Waals surface area contributed by atoms with Crippen molar-refractivity contribution in [2.75, 3.05) is 4.90 Å². The molecule has 0 aliphatic heterocycles. The van der Waals surface area contributed by atoms with Crippen molar-refractivity contribution in [3.63, 3.8) is 0 Å². The van der Waals surface area contributed by atoms with E-state index in [0.29, 0.717) is 15.6 Å². The number of halogens is 1. The van der Waals surface area contributed by atoms with Crippen LogP contribution in [0.2, 0.25) is 0 Å². The number of hydrogen-bond donors (Lipinski definition) is 0. The molecule has 0 spiro atoms. The average molecular weight is 547 g/mol. The standard InChI is InChI=1S/C24H27BrN4O6/c1-14-17(15-8-10-16(11-9-15)29(32)33)18(25)19-20(26-12-13-27(14)19)28(21(30)34-23(2,3)4)22(31)35-24(5,6)7/h8-13H,1-7H3. The average Bonchev–Trinajstić information content (AvgIpc) is 2.96. The van der Waals surface area contributed by atoms with E-state index >= 15 is 0 Å². The molecule has 11 heteroatoms. The first-order valence-electron chi connectivity index (χ1n) is 10.8. The third-order valence-electron chi connectivity index (χ3n) is 4.75. The Hall–Kier alpha value is -3.47. The number of nitro benzene ring substituents is 1. The number of benzene rings is 1. The highest BCUT2D eigenvalue weighted by Crippen LogP contribution is 2.41. The summed E-state index contributed by atoms with van der Waals surface area (Å²) in [5.41, 5.74) is 0.837. The Bertz CT molecular complexity index is 1270. The number of aryl methyl sites for hydroxylation is 1. The molecule has 0 aliphatic rings. The summed E-state index contributed by atoms with van der Waals surface area (Å²) in [7, 11) is 0. The number of ether oxygens (including phenoxy) is 2. The summed E-state index contributed by atoms with van der Waals surface area (Å²) in [5, 5.41) is 11.1. The lowest BCUT2D eigenvalue weighted by Gasteiger charge is -2.28. The summed E-state index contributed by atoms with van der Waals surface area (Å²) >= 11 is 3.60. The number of rotatable bonds is 3. The molecule has 0 saturated carbocycles. The predicted octanol–water partition coefficient (Wildman–Crippen LogP) is 6.66. The van der Waals surface area contributed by atoms with Crippen LogP contribution in [0.5, 0.6) is 0 Å². The molecule has 2 amide bonds. The minimum atomic E-state index is -0.935. The topological polar surface area (TPSA) is 116 Å². The zero-order valence-corrected chi connectivity index (χ0v) is 22.2. The lowest BCUT2D eigenvalue weighted by atomic mass is 10.1. The first-order valence-corrected chi connectivity index (χ1v) is 11.6. The van der Waals surface area contributed by atoms with Crippen LogP contribution in [0.3, 0.4) is 0 Å². The summed E-state index contributed by atoms with van der Waals surface area (Å²) in [5.74, 6) is 0.0131. The van der Waals surface area contributed by atoms with Crippen LogP contribution in [-0.4, -0.2) is 37.7 Å². The van der Waals surface area contributed by atoms with E-state index in [2.05, 4.69) is 20.9 Å². The van der Waals surface area contributed by atoms with Gasteiger partial charge in [-0.3, -0.25) is 10.1 Å². The maximum absolute atomic E-state index is 13.2. The fourth-order valence-electron chi connectivity index (χ4n) is 3.41. The van der Waals surface area contributed by atoms with Crippen molar-refractivity contribution in [3.8, 4) is 11.1 Å². The van der Waals surface area contributed by atoms with E-state index < -0.39 is 28.3 Å². The zero-order chi connectivity index (χ0) is 26.3. The molecule has 2 heterocycles.